The first-order valence-electron chi connectivity index (χ1n) is 10.5. The van der Waals surface area contributed by atoms with Crippen LogP contribution in [-0.4, -0.2) is 98.1 Å². The first-order chi connectivity index (χ1) is 15.8. The van der Waals surface area contributed by atoms with Gasteiger partial charge in [0.25, 0.3) is 0 Å². The molecule has 4 saturated heterocycles. The van der Waals surface area contributed by atoms with Crippen LogP contribution in [0, 0.1) is 5.92 Å². The third-order valence-corrected chi connectivity index (χ3v) is 5.74. The van der Waals surface area contributed by atoms with Crippen molar-refractivity contribution >= 4 is 23.9 Å². The van der Waals surface area contributed by atoms with Crippen molar-refractivity contribution in [2.24, 2.45) is 5.92 Å². The van der Waals surface area contributed by atoms with Gasteiger partial charge in [-0.25, -0.2) is 19.2 Å². The molecule has 0 aliphatic carbocycles. The van der Waals surface area contributed by atoms with Crippen LogP contribution in [0.25, 0.3) is 0 Å². The quantitative estimate of drug-likeness (QED) is 0.281. The molecule has 0 unspecified atom stereocenters. The van der Waals surface area contributed by atoms with Gasteiger partial charge in [-0.1, -0.05) is 6.92 Å². The van der Waals surface area contributed by atoms with E-state index >= 15 is 0 Å². The van der Waals surface area contributed by atoms with Gasteiger partial charge in [0.2, 0.25) is 0 Å². The minimum absolute atomic E-state index is 0.00447. The highest BCUT2D eigenvalue weighted by Gasteiger charge is 2.51. The number of carboxylic acids is 1. The van der Waals surface area contributed by atoms with Gasteiger partial charge in [0, 0.05) is 30.2 Å². The van der Waals surface area contributed by atoms with Crippen LogP contribution in [0.4, 0.5) is 0 Å². The lowest BCUT2D eigenvalue weighted by molar-refractivity contribution is -0.151. The number of carbonyl (C=O) groups is 4. The number of carboxylic acid groups (broad SMARTS) is 1. The Labute approximate surface area is 188 Å². The molecule has 12 heteroatoms. The van der Waals surface area contributed by atoms with E-state index in [2.05, 4.69) is 0 Å². The Kier molecular flexibility index (Phi) is 7.08. The molecular formula is C21H24O12. The molecule has 12 nitrogen and oxygen atoms in total. The fourth-order valence-electron chi connectivity index (χ4n) is 4.23. The number of hydrogen-bond acceptors (Lipinski definition) is 11. The van der Waals surface area contributed by atoms with E-state index < -0.39 is 54.4 Å². The Bertz CT molecular complexity index is 850. The van der Waals surface area contributed by atoms with Gasteiger partial charge >= 0.3 is 23.9 Å². The van der Waals surface area contributed by atoms with Crippen LogP contribution in [-0.2, 0) is 52.3 Å². The monoisotopic (exact) mass is 468 g/mol. The lowest BCUT2D eigenvalue weighted by Gasteiger charge is -2.16. The Balaban J connectivity index is 1.22. The third kappa shape index (κ3) is 5.41. The zero-order chi connectivity index (χ0) is 23.5. The molecule has 4 heterocycles. The Morgan fingerprint density at radius 3 is 1.45 bits per heavy atom. The summed E-state index contributed by atoms with van der Waals surface area (Å²) in [6, 6.07) is 0. The predicted molar refractivity (Wildman–Crippen MR) is 104 cm³/mol. The molecule has 8 atom stereocenters. The van der Waals surface area contributed by atoms with Crippen LogP contribution >= 0.6 is 0 Å². The molecule has 0 bridgehead atoms. The molecule has 4 aliphatic heterocycles. The summed E-state index contributed by atoms with van der Waals surface area (Å²) in [5.74, 6) is -3.42. The molecule has 0 aromatic carbocycles. The summed E-state index contributed by atoms with van der Waals surface area (Å²) in [4.78, 5) is 46.3. The topological polar surface area (TPSA) is 153 Å². The fourth-order valence-corrected chi connectivity index (χ4v) is 4.23. The summed E-state index contributed by atoms with van der Waals surface area (Å²) in [5, 5.41) is 8.55. The molecule has 4 aliphatic rings. The highest BCUT2D eigenvalue weighted by molar-refractivity contribution is 5.92. The summed E-state index contributed by atoms with van der Waals surface area (Å²) in [5.41, 5.74) is 0. The van der Waals surface area contributed by atoms with Gasteiger partial charge in [-0.2, -0.15) is 0 Å². The zero-order valence-electron chi connectivity index (χ0n) is 17.7. The second-order valence-electron chi connectivity index (χ2n) is 8.10. The van der Waals surface area contributed by atoms with Crippen molar-refractivity contribution in [3.05, 3.63) is 24.3 Å². The number of esters is 3. The highest BCUT2D eigenvalue weighted by Crippen LogP contribution is 2.32. The smallest absolute Gasteiger partial charge is 0.331 e. The van der Waals surface area contributed by atoms with E-state index in [9.17, 15) is 19.2 Å². The minimum atomic E-state index is -1.28. The Hall–Kier alpha value is -2.80. The van der Waals surface area contributed by atoms with Gasteiger partial charge in [-0.05, 0) is 0 Å². The van der Waals surface area contributed by atoms with Crippen molar-refractivity contribution < 1.29 is 57.4 Å². The average Bonchev–Trinajstić information content (AvgIpc) is 3.52. The van der Waals surface area contributed by atoms with Crippen molar-refractivity contribution in [2.75, 3.05) is 26.4 Å². The number of aliphatic carboxylic acids is 1. The van der Waals surface area contributed by atoms with Crippen LogP contribution in [0.2, 0.25) is 0 Å². The third-order valence-electron chi connectivity index (χ3n) is 5.74. The van der Waals surface area contributed by atoms with Crippen molar-refractivity contribution in [1.29, 1.82) is 0 Å². The summed E-state index contributed by atoms with van der Waals surface area (Å²) >= 11 is 0. The van der Waals surface area contributed by atoms with E-state index in [-0.39, 0.29) is 37.9 Å². The van der Waals surface area contributed by atoms with Crippen LogP contribution < -0.4 is 0 Å². The van der Waals surface area contributed by atoms with Crippen molar-refractivity contribution in [3.8, 4) is 0 Å². The second kappa shape index (κ2) is 10.00. The summed E-state index contributed by atoms with van der Waals surface area (Å²) in [6.07, 6.45) is -0.447. The molecule has 4 fully saturated rings. The molecule has 0 aromatic rings. The van der Waals surface area contributed by atoms with E-state index in [0.29, 0.717) is 12.7 Å². The fraction of sp³-hybridized carbons (Fsp3) is 0.619. The molecule has 33 heavy (non-hydrogen) atoms. The second-order valence-corrected chi connectivity index (χ2v) is 8.10. The summed E-state index contributed by atoms with van der Waals surface area (Å²) < 4.78 is 38.0. The molecule has 0 amide bonds. The maximum Gasteiger partial charge on any atom is 0.331 e. The largest absolute Gasteiger partial charge is 0.478 e. The maximum absolute atomic E-state index is 12.1. The predicted octanol–water partition coefficient (Wildman–Crippen LogP) is -0.850. The van der Waals surface area contributed by atoms with E-state index in [0.717, 1.165) is 18.2 Å². The number of hydrogen-bond donors (Lipinski definition) is 1. The number of ether oxygens (including phenoxy) is 7. The number of rotatable bonds is 7. The normalized spacial score (nSPS) is 37.2. The Morgan fingerprint density at radius 1 is 0.636 bits per heavy atom. The average molecular weight is 468 g/mol. The molecular weight excluding hydrogens is 444 g/mol. The van der Waals surface area contributed by atoms with E-state index in [1.54, 1.807) is 0 Å². The Morgan fingerprint density at radius 2 is 1.00 bits per heavy atom. The molecule has 4 rings (SSSR count). The van der Waals surface area contributed by atoms with Crippen LogP contribution in [0.5, 0.6) is 0 Å². The van der Waals surface area contributed by atoms with Gasteiger partial charge in [0.05, 0.1) is 32.5 Å². The number of carbonyl (C=O) groups excluding carboxylic acids is 3. The standard InChI is InChI=1S/C21H24O12/c1-10-6-27-19-11(7-28-18(10)19)31-16(25)4-5-17(26)33-13-9-30-20-12(8-29-21(13)20)32-15(24)3-2-14(22)23/h2-5,10-13,18-21H,6-9H2,1H3,(H,22,23)/t10-,11-,12-,13+,18-,19-,20-,21-/m1/s1. The molecule has 0 radical (unpaired) electrons. The van der Waals surface area contributed by atoms with Crippen molar-refractivity contribution in [1.82, 2.24) is 0 Å². The molecule has 1 N–H and O–H groups in total. The first kappa shape index (κ1) is 23.4. The molecule has 0 aromatic heterocycles. The van der Waals surface area contributed by atoms with Gasteiger partial charge in [0.1, 0.15) is 18.3 Å². The maximum atomic E-state index is 12.1. The minimum Gasteiger partial charge on any atom is -0.478 e. The van der Waals surface area contributed by atoms with Gasteiger partial charge in [-0.15, -0.1) is 0 Å². The van der Waals surface area contributed by atoms with Crippen LogP contribution in [0.3, 0.4) is 0 Å². The van der Waals surface area contributed by atoms with Gasteiger partial charge in [0.15, 0.2) is 18.3 Å². The summed E-state index contributed by atoms with van der Waals surface area (Å²) in [7, 11) is 0. The molecule has 180 valence electrons. The number of fused-ring (bicyclic) bond motifs is 2. The molecule has 0 spiro atoms. The van der Waals surface area contributed by atoms with Crippen LogP contribution in [0.1, 0.15) is 6.92 Å². The highest BCUT2D eigenvalue weighted by atomic mass is 16.7. The van der Waals surface area contributed by atoms with E-state index in [1.807, 2.05) is 6.92 Å². The summed E-state index contributed by atoms with van der Waals surface area (Å²) in [6.45, 7) is 2.79. The lowest BCUT2D eigenvalue weighted by Crippen LogP contribution is -2.35. The van der Waals surface area contributed by atoms with E-state index in [1.165, 1.54) is 0 Å². The van der Waals surface area contributed by atoms with Gasteiger partial charge in [-0.3, -0.25) is 0 Å². The molecule has 0 saturated carbocycles. The lowest BCUT2D eigenvalue weighted by atomic mass is 10.0. The SMILES string of the molecule is C[C@@H]1CO[C@H]2[C@@H]1OC[C@H]2OC(=O)C=CC(=O)O[C@H]1CO[C@H]2[C@@H]1OC[C@H]2OC(=O)C=CC(=O)O. The van der Waals surface area contributed by atoms with Crippen molar-refractivity contribution in [3.63, 3.8) is 0 Å². The zero-order valence-corrected chi connectivity index (χ0v) is 17.7. The van der Waals surface area contributed by atoms with Gasteiger partial charge < -0.3 is 38.3 Å². The van der Waals surface area contributed by atoms with Crippen LogP contribution in [0.15, 0.2) is 24.3 Å². The van der Waals surface area contributed by atoms with Crippen molar-refractivity contribution in [2.45, 2.75) is 49.7 Å². The first-order valence-corrected chi connectivity index (χ1v) is 10.5. The van der Waals surface area contributed by atoms with E-state index in [4.69, 9.17) is 38.3 Å².